The Morgan fingerprint density at radius 3 is 1.86 bits per heavy atom. The van der Waals surface area contributed by atoms with Gasteiger partial charge < -0.3 is 19.3 Å². The van der Waals surface area contributed by atoms with E-state index in [-0.39, 0.29) is 11.5 Å². The number of ether oxygens (including phenoxy) is 3. The maximum absolute atomic E-state index is 12.6. The van der Waals surface area contributed by atoms with Crippen molar-refractivity contribution in [1.29, 1.82) is 0 Å². The van der Waals surface area contributed by atoms with Crippen LogP contribution in [0.25, 0.3) is 0 Å². The summed E-state index contributed by atoms with van der Waals surface area (Å²) in [7, 11) is 4.47. The first-order chi connectivity index (χ1) is 10.1. The molecule has 0 aliphatic carbocycles. The van der Waals surface area contributed by atoms with E-state index in [1.165, 1.54) is 33.5 Å². The minimum absolute atomic E-state index is 0.0974. The quantitative estimate of drug-likeness (QED) is 0.857. The summed E-state index contributed by atoms with van der Waals surface area (Å²) in [5.74, 6) is 1.10. The summed E-state index contributed by atoms with van der Waals surface area (Å²) in [5.41, 5.74) is 0.737. The molecule has 0 radical (unpaired) electrons. The Kier molecular flexibility index (Phi) is 4.33. The van der Waals surface area contributed by atoms with Crippen molar-refractivity contribution in [2.75, 3.05) is 21.3 Å². The van der Waals surface area contributed by atoms with E-state index in [9.17, 15) is 9.90 Å². The van der Waals surface area contributed by atoms with Gasteiger partial charge in [0.2, 0.25) is 5.78 Å². The van der Waals surface area contributed by atoms with E-state index >= 15 is 0 Å². The minimum Gasteiger partial charge on any atom is -0.508 e. The van der Waals surface area contributed by atoms with Crippen molar-refractivity contribution in [1.82, 2.24) is 0 Å². The molecule has 0 aliphatic heterocycles. The number of carbonyl (C=O) groups is 1. The molecule has 0 spiro atoms. The number of hydrogen-bond donors (Lipinski definition) is 1. The summed E-state index contributed by atoms with van der Waals surface area (Å²) in [6.07, 6.45) is 0. The Hall–Kier alpha value is -2.69. The molecule has 21 heavy (non-hydrogen) atoms. The molecular formula is C16H16O5. The second-order valence-corrected chi connectivity index (χ2v) is 4.28. The number of phenols is 1. The lowest BCUT2D eigenvalue weighted by Gasteiger charge is -2.14. The predicted molar refractivity (Wildman–Crippen MR) is 77.6 cm³/mol. The molecule has 0 aliphatic rings. The van der Waals surface area contributed by atoms with Crippen LogP contribution in [0.5, 0.6) is 23.0 Å². The third-order valence-electron chi connectivity index (χ3n) is 3.07. The number of ketones is 1. The smallest absolute Gasteiger partial charge is 0.200 e. The van der Waals surface area contributed by atoms with Gasteiger partial charge in [-0.3, -0.25) is 4.79 Å². The van der Waals surface area contributed by atoms with Gasteiger partial charge in [-0.1, -0.05) is 0 Å². The van der Waals surface area contributed by atoms with Crippen LogP contribution in [0.1, 0.15) is 15.9 Å². The van der Waals surface area contributed by atoms with E-state index in [1.807, 2.05) is 0 Å². The third kappa shape index (κ3) is 2.91. The predicted octanol–water partition coefficient (Wildman–Crippen LogP) is 2.65. The zero-order chi connectivity index (χ0) is 15.4. The fourth-order valence-electron chi connectivity index (χ4n) is 1.99. The van der Waals surface area contributed by atoms with Crippen molar-refractivity contribution in [3.8, 4) is 23.0 Å². The molecule has 5 heteroatoms. The minimum atomic E-state index is -0.258. The number of hydrogen-bond acceptors (Lipinski definition) is 5. The van der Waals surface area contributed by atoms with Gasteiger partial charge in [-0.2, -0.15) is 0 Å². The Balaban J connectivity index is 2.55. The van der Waals surface area contributed by atoms with E-state index in [0.29, 0.717) is 28.4 Å². The van der Waals surface area contributed by atoms with Crippen LogP contribution in [-0.4, -0.2) is 32.2 Å². The molecule has 0 amide bonds. The van der Waals surface area contributed by atoms with E-state index < -0.39 is 0 Å². The van der Waals surface area contributed by atoms with Crippen LogP contribution in [0.3, 0.4) is 0 Å². The summed E-state index contributed by atoms with van der Waals surface area (Å²) < 4.78 is 15.7. The third-order valence-corrected chi connectivity index (χ3v) is 3.07. The zero-order valence-electron chi connectivity index (χ0n) is 12.0. The molecule has 0 unspecified atom stereocenters. The van der Waals surface area contributed by atoms with Crippen molar-refractivity contribution >= 4 is 5.78 Å². The highest BCUT2D eigenvalue weighted by atomic mass is 16.5. The standard InChI is InChI=1S/C16H16O5/c1-19-12-8-13(20-2)15(14(9-12)21-3)16(18)10-4-6-11(17)7-5-10/h4-9,17H,1-3H3. The average Bonchev–Trinajstić information content (AvgIpc) is 2.53. The molecule has 2 rings (SSSR count). The van der Waals surface area contributed by atoms with E-state index in [0.717, 1.165) is 0 Å². The fourth-order valence-corrected chi connectivity index (χ4v) is 1.99. The zero-order valence-corrected chi connectivity index (χ0v) is 12.0. The molecule has 1 N–H and O–H groups in total. The van der Waals surface area contributed by atoms with Crippen LogP contribution in [0, 0.1) is 0 Å². The van der Waals surface area contributed by atoms with E-state index in [1.54, 1.807) is 24.3 Å². The van der Waals surface area contributed by atoms with Gasteiger partial charge in [0, 0.05) is 17.7 Å². The van der Waals surface area contributed by atoms with Crippen molar-refractivity contribution in [3.63, 3.8) is 0 Å². The maximum atomic E-state index is 12.6. The van der Waals surface area contributed by atoms with Crippen molar-refractivity contribution in [3.05, 3.63) is 47.5 Å². The first-order valence-electron chi connectivity index (χ1n) is 6.24. The van der Waals surface area contributed by atoms with Gasteiger partial charge >= 0.3 is 0 Å². The summed E-state index contributed by atoms with van der Waals surface area (Å²) in [6, 6.07) is 9.24. The molecule has 0 atom stereocenters. The van der Waals surface area contributed by atoms with Gasteiger partial charge in [0.25, 0.3) is 0 Å². The number of aromatic hydroxyl groups is 1. The molecule has 0 aromatic heterocycles. The SMILES string of the molecule is COc1cc(OC)c(C(=O)c2ccc(O)cc2)c(OC)c1. The molecule has 0 bridgehead atoms. The maximum Gasteiger partial charge on any atom is 0.200 e. The Labute approximate surface area is 122 Å². The lowest BCUT2D eigenvalue weighted by molar-refractivity contribution is 0.103. The lowest BCUT2D eigenvalue weighted by Crippen LogP contribution is -2.07. The van der Waals surface area contributed by atoms with Crippen LogP contribution >= 0.6 is 0 Å². The van der Waals surface area contributed by atoms with E-state index in [4.69, 9.17) is 14.2 Å². The number of methoxy groups -OCH3 is 3. The summed E-state index contributed by atoms with van der Waals surface area (Å²) in [5, 5.41) is 9.30. The second-order valence-electron chi connectivity index (χ2n) is 4.28. The Morgan fingerprint density at radius 1 is 0.905 bits per heavy atom. The number of carbonyl (C=O) groups excluding carboxylic acids is 1. The van der Waals surface area contributed by atoms with Gasteiger partial charge in [0.15, 0.2) is 0 Å². The van der Waals surface area contributed by atoms with Crippen LogP contribution in [-0.2, 0) is 0 Å². The number of phenolic OH excluding ortho intramolecular Hbond substituents is 1. The van der Waals surface area contributed by atoms with Gasteiger partial charge in [-0.25, -0.2) is 0 Å². The normalized spacial score (nSPS) is 10.0. The Bertz CT molecular complexity index is 621. The first-order valence-corrected chi connectivity index (χ1v) is 6.24. The van der Waals surface area contributed by atoms with Crippen LogP contribution in [0.2, 0.25) is 0 Å². The van der Waals surface area contributed by atoms with Gasteiger partial charge in [0.1, 0.15) is 28.6 Å². The molecule has 0 fully saturated rings. The van der Waals surface area contributed by atoms with Gasteiger partial charge in [0.05, 0.1) is 21.3 Å². The molecule has 2 aromatic carbocycles. The lowest BCUT2D eigenvalue weighted by atomic mass is 10.0. The molecular weight excluding hydrogens is 272 g/mol. The van der Waals surface area contributed by atoms with Crippen molar-refractivity contribution in [2.45, 2.75) is 0 Å². The summed E-state index contributed by atoms with van der Waals surface area (Å²) in [6.45, 7) is 0. The highest BCUT2D eigenvalue weighted by Crippen LogP contribution is 2.35. The van der Waals surface area contributed by atoms with Crippen LogP contribution in [0.15, 0.2) is 36.4 Å². The van der Waals surface area contributed by atoms with E-state index in [2.05, 4.69) is 0 Å². The molecule has 0 saturated heterocycles. The highest BCUT2D eigenvalue weighted by molar-refractivity contribution is 6.12. The van der Waals surface area contributed by atoms with Crippen LogP contribution < -0.4 is 14.2 Å². The topological polar surface area (TPSA) is 65.0 Å². The average molecular weight is 288 g/mol. The monoisotopic (exact) mass is 288 g/mol. The molecule has 0 heterocycles. The first kappa shape index (κ1) is 14.7. The van der Waals surface area contributed by atoms with Crippen molar-refractivity contribution < 1.29 is 24.1 Å². The summed E-state index contributed by atoms with van der Waals surface area (Å²) in [4.78, 5) is 12.6. The number of benzene rings is 2. The van der Waals surface area contributed by atoms with Crippen molar-refractivity contribution in [2.24, 2.45) is 0 Å². The largest absolute Gasteiger partial charge is 0.508 e. The number of rotatable bonds is 5. The van der Waals surface area contributed by atoms with Gasteiger partial charge in [-0.05, 0) is 24.3 Å². The fraction of sp³-hybridized carbons (Fsp3) is 0.188. The van der Waals surface area contributed by atoms with Gasteiger partial charge in [-0.15, -0.1) is 0 Å². The molecule has 5 nitrogen and oxygen atoms in total. The summed E-state index contributed by atoms with van der Waals surface area (Å²) >= 11 is 0. The molecule has 110 valence electrons. The van der Waals surface area contributed by atoms with Crippen LogP contribution in [0.4, 0.5) is 0 Å². The highest BCUT2D eigenvalue weighted by Gasteiger charge is 2.21. The second kappa shape index (κ2) is 6.17. The molecule has 2 aromatic rings. The Morgan fingerprint density at radius 2 is 1.43 bits per heavy atom. The molecule has 0 saturated carbocycles.